The van der Waals surface area contributed by atoms with E-state index in [0.717, 1.165) is 12.0 Å². The van der Waals surface area contributed by atoms with Gasteiger partial charge in [0.05, 0.1) is 32.1 Å². The van der Waals surface area contributed by atoms with E-state index in [-0.39, 0.29) is 24.7 Å². The molecule has 0 aliphatic carbocycles. The van der Waals surface area contributed by atoms with Crippen LogP contribution in [0.3, 0.4) is 0 Å². The predicted octanol–water partition coefficient (Wildman–Crippen LogP) is 1.80. The van der Waals surface area contributed by atoms with Gasteiger partial charge in [0, 0.05) is 12.6 Å². The van der Waals surface area contributed by atoms with Crippen molar-refractivity contribution in [3.8, 4) is 0 Å². The zero-order chi connectivity index (χ0) is 15.1. The second-order valence-corrected chi connectivity index (χ2v) is 4.81. The molecule has 0 radical (unpaired) electrons. The van der Waals surface area contributed by atoms with Crippen molar-refractivity contribution in [2.75, 3.05) is 7.11 Å². The van der Waals surface area contributed by atoms with Crippen LogP contribution < -0.4 is 0 Å². The molecule has 0 atom stereocenters. The van der Waals surface area contributed by atoms with Crippen LogP contribution in [-0.4, -0.2) is 28.4 Å². The van der Waals surface area contributed by atoms with Crippen LogP contribution in [0, 0.1) is 0 Å². The number of Topliss-reactive ketones (excluding diaryl/α,β-unsaturated/α-hetero) is 1. The van der Waals surface area contributed by atoms with Crippen molar-refractivity contribution in [2.45, 2.75) is 25.8 Å². The van der Waals surface area contributed by atoms with E-state index in [4.69, 9.17) is 0 Å². The molecule has 0 unspecified atom stereocenters. The van der Waals surface area contributed by atoms with Crippen LogP contribution in [0.2, 0.25) is 0 Å². The van der Waals surface area contributed by atoms with Gasteiger partial charge in [-0.15, -0.1) is 0 Å². The van der Waals surface area contributed by atoms with Crippen molar-refractivity contribution >= 4 is 11.8 Å². The van der Waals surface area contributed by atoms with E-state index in [1.54, 1.807) is 17.1 Å². The third-order valence-electron chi connectivity index (χ3n) is 3.13. The normalized spacial score (nSPS) is 10.3. The molecular weight excluding hydrogens is 268 g/mol. The first kappa shape index (κ1) is 15.0. The monoisotopic (exact) mass is 286 g/mol. The lowest BCUT2D eigenvalue weighted by Gasteiger charge is -2.02. The molecule has 2 rings (SSSR count). The summed E-state index contributed by atoms with van der Waals surface area (Å²) in [5.74, 6) is -0.198. The Bertz CT molecular complexity index is 605. The zero-order valence-corrected chi connectivity index (χ0v) is 12.0. The topological polar surface area (TPSA) is 61.2 Å². The Kier molecular flexibility index (Phi) is 5.26. The first-order valence-corrected chi connectivity index (χ1v) is 6.80. The SMILES string of the molecule is COC(=O)Cc1cn(CC(=O)CCc2ccccc2)cn1. The molecule has 0 fully saturated rings. The molecule has 1 heterocycles. The summed E-state index contributed by atoms with van der Waals surface area (Å²) in [6, 6.07) is 9.92. The molecule has 5 nitrogen and oxygen atoms in total. The van der Waals surface area contributed by atoms with Gasteiger partial charge in [0.2, 0.25) is 0 Å². The number of benzene rings is 1. The van der Waals surface area contributed by atoms with Crippen LogP contribution in [0.25, 0.3) is 0 Å². The Morgan fingerprint density at radius 3 is 2.71 bits per heavy atom. The van der Waals surface area contributed by atoms with E-state index in [1.165, 1.54) is 7.11 Å². The summed E-state index contributed by atoms with van der Waals surface area (Å²) in [6.07, 6.45) is 4.63. The van der Waals surface area contributed by atoms with Gasteiger partial charge in [0.1, 0.15) is 0 Å². The maximum absolute atomic E-state index is 11.9. The molecule has 0 aliphatic heterocycles. The summed E-state index contributed by atoms with van der Waals surface area (Å²) < 4.78 is 6.28. The fourth-order valence-electron chi connectivity index (χ4n) is 2.02. The number of carbonyl (C=O) groups excluding carboxylic acids is 2. The van der Waals surface area contributed by atoms with Gasteiger partial charge < -0.3 is 9.30 Å². The van der Waals surface area contributed by atoms with Crippen molar-refractivity contribution in [1.82, 2.24) is 9.55 Å². The minimum absolute atomic E-state index is 0.127. The van der Waals surface area contributed by atoms with Gasteiger partial charge in [-0.2, -0.15) is 0 Å². The second-order valence-electron chi connectivity index (χ2n) is 4.81. The van der Waals surface area contributed by atoms with Gasteiger partial charge in [-0.05, 0) is 12.0 Å². The Morgan fingerprint density at radius 1 is 1.24 bits per heavy atom. The van der Waals surface area contributed by atoms with Crippen molar-refractivity contribution in [2.24, 2.45) is 0 Å². The molecule has 0 amide bonds. The average molecular weight is 286 g/mol. The molecule has 5 heteroatoms. The highest BCUT2D eigenvalue weighted by atomic mass is 16.5. The van der Waals surface area contributed by atoms with Gasteiger partial charge in [0.15, 0.2) is 5.78 Å². The number of ether oxygens (including phenoxy) is 1. The molecule has 110 valence electrons. The minimum Gasteiger partial charge on any atom is -0.469 e. The van der Waals surface area contributed by atoms with E-state index in [1.807, 2.05) is 30.3 Å². The van der Waals surface area contributed by atoms with Crippen LogP contribution in [-0.2, 0) is 33.7 Å². The Hall–Kier alpha value is -2.43. The Morgan fingerprint density at radius 2 is 2.00 bits per heavy atom. The number of aromatic nitrogens is 2. The van der Waals surface area contributed by atoms with Gasteiger partial charge in [-0.3, -0.25) is 9.59 Å². The number of imidazole rings is 1. The summed E-state index contributed by atoms with van der Waals surface area (Å²) in [6.45, 7) is 0.279. The van der Waals surface area contributed by atoms with Crippen LogP contribution >= 0.6 is 0 Å². The maximum Gasteiger partial charge on any atom is 0.311 e. The van der Waals surface area contributed by atoms with Crippen molar-refractivity contribution in [3.63, 3.8) is 0 Å². The molecule has 0 N–H and O–H groups in total. The highest BCUT2D eigenvalue weighted by Crippen LogP contribution is 2.05. The van der Waals surface area contributed by atoms with Gasteiger partial charge in [0.25, 0.3) is 0 Å². The van der Waals surface area contributed by atoms with E-state index in [2.05, 4.69) is 9.72 Å². The number of methoxy groups -OCH3 is 1. The molecule has 1 aromatic carbocycles. The number of carbonyl (C=O) groups is 2. The molecule has 0 saturated heterocycles. The number of nitrogens with zero attached hydrogens (tertiary/aromatic N) is 2. The average Bonchev–Trinajstić information content (AvgIpc) is 2.93. The van der Waals surface area contributed by atoms with Crippen LogP contribution in [0.4, 0.5) is 0 Å². The summed E-state index contributed by atoms with van der Waals surface area (Å²) in [5.41, 5.74) is 1.76. The fraction of sp³-hybridized carbons (Fsp3) is 0.312. The minimum atomic E-state index is -0.337. The van der Waals surface area contributed by atoms with E-state index in [9.17, 15) is 9.59 Å². The first-order chi connectivity index (χ1) is 10.2. The molecule has 1 aromatic heterocycles. The maximum atomic E-state index is 11.9. The number of aryl methyl sites for hydroxylation is 1. The van der Waals surface area contributed by atoms with Crippen LogP contribution in [0.5, 0.6) is 0 Å². The highest BCUT2D eigenvalue weighted by molar-refractivity contribution is 5.78. The lowest BCUT2D eigenvalue weighted by atomic mass is 10.1. The molecule has 21 heavy (non-hydrogen) atoms. The molecular formula is C16H18N2O3. The largest absolute Gasteiger partial charge is 0.469 e. The number of ketones is 1. The first-order valence-electron chi connectivity index (χ1n) is 6.80. The quantitative estimate of drug-likeness (QED) is 0.728. The second kappa shape index (κ2) is 7.38. The molecule has 0 spiro atoms. The number of esters is 1. The highest BCUT2D eigenvalue weighted by Gasteiger charge is 2.08. The fourth-order valence-corrected chi connectivity index (χ4v) is 2.02. The van der Waals surface area contributed by atoms with Crippen molar-refractivity contribution < 1.29 is 14.3 Å². The summed E-state index contributed by atoms with van der Waals surface area (Å²) in [4.78, 5) is 27.2. The van der Waals surface area contributed by atoms with Gasteiger partial charge in [-0.1, -0.05) is 30.3 Å². The Balaban J connectivity index is 1.81. The van der Waals surface area contributed by atoms with E-state index >= 15 is 0 Å². The summed E-state index contributed by atoms with van der Waals surface area (Å²) >= 11 is 0. The van der Waals surface area contributed by atoms with Crippen molar-refractivity contribution in [1.29, 1.82) is 0 Å². The molecule has 0 bridgehead atoms. The Labute approximate surface area is 123 Å². The van der Waals surface area contributed by atoms with Crippen LogP contribution in [0.15, 0.2) is 42.9 Å². The predicted molar refractivity (Wildman–Crippen MR) is 77.7 cm³/mol. The van der Waals surface area contributed by atoms with Crippen LogP contribution in [0.1, 0.15) is 17.7 Å². The zero-order valence-electron chi connectivity index (χ0n) is 12.0. The number of rotatable bonds is 7. The summed E-state index contributed by atoms with van der Waals surface area (Å²) in [7, 11) is 1.34. The standard InChI is InChI=1S/C16H18N2O3/c1-21-16(20)9-14-10-18(12-17-14)11-15(19)8-7-13-5-3-2-4-6-13/h2-6,10,12H,7-9,11H2,1H3. The third kappa shape index (κ3) is 4.87. The molecule has 2 aromatic rings. The molecule has 0 saturated carbocycles. The smallest absolute Gasteiger partial charge is 0.311 e. The lowest BCUT2D eigenvalue weighted by Crippen LogP contribution is -2.09. The van der Waals surface area contributed by atoms with E-state index in [0.29, 0.717) is 12.1 Å². The van der Waals surface area contributed by atoms with E-state index < -0.39 is 0 Å². The van der Waals surface area contributed by atoms with Crippen molar-refractivity contribution in [3.05, 3.63) is 54.1 Å². The van der Waals surface area contributed by atoms with Gasteiger partial charge in [-0.25, -0.2) is 4.98 Å². The molecule has 0 aliphatic rings. The number of hydrogen-bond acceptors (Lipinski definition) is 4. The number of hydrogen-bond donors (Lipinski definition) is 0. The third-order valence-corrected chi connectivity index (χ3v) is 3.13. The summed E-state index contributed by atoms with van der Waals surface area (Å²) in [5, 5.41) is 0. The van der Waals surface area contributed by atoms with Gasteiger partial charge >= 0.3 is 5.97 Å². The lowest BCUT2D eigenvalue weighted by molar-refractivity contribution is -0.139.